The fraction of sp³-hybridized carbons (Fsp3) is 0.444. The maximum absolute atomic E-state index is 2.37. The molecule has 0 atom stereocenters. The van der Waals surface area contributed by atoms with Crippen molar-refractivity contribution < 1.29 is 0 Å². The summed E-state index contributed by atoms with van der Waals surface area (Å²) in [7, 11) is 0. The summed E-state index contributed by atoms with van der Waals surface area (Å²) >= 11 is 0. The molecule has 0 heterocycles. The lowest BCUT2D eigenvalue weighted by molar-refractivity contribution is 0.581. The van der Waals surface area contributed by atoms with E-state index in [9.17, 15) is 0 Å². The molecule has 0 heteroatoms. The standard InChI is InChI=1S/4C18H24/c1-17(2,3)15-9-7-13-8-10-16(18(4,5)6)12-14(13)11-15;1-17(2,3)14-11-7-9-13-10-8-12-15(16(13)14)18(4,5)6;1-17(2,3)14-10-11-15-13(12-14)8-7-9-16(15)18(4,5)6;1-17(2,3)14-11-10-13-8-7-9-16(15(13)12-14)18(4,5)6/h4*7-12H,1-6H3. The molecule has 8 aromatic rings. The Morgan fingerprint density at radius 1 is 0.194 bits per heavy atom. The molecule has 0 aliphatic heterocycles. The third-order valence-electron chi connectivity index (χ3n) is 14.2. The van der Waals surface area contributed by atoms with Crippen molar-refractivity contribution in [2.24, 2.45) is 0 Å². The second-order valence-corrected chi connectivity index (χ2v) is 29.0. The van der Waals surface area contributed by atoms with Crippen LogP contribution in [-0.2, 0) is 43.3 Å². The molecule has 72 heavy (non-hydrogen) atoms. The van der Waals surface area contributed by atoms with E-state index in [-0.39, 0.29) is 43.3 Å². The highest BCUT2D eigenvalue weighted by Crippen LogP contribution is 2.38. The fourth-order valence-corrected chi connectivity index (χ4v) is 9.57. The first-order valence-electron chi connectivity index (χ1n) is 26.9. The van der Waals surface area contributed by atoms with Crippen LogP contribution in [0, 0.1) is 0 Å². The molecule has 0 aromatic heterocycles. The van der Waals surface area contributed by atoms with Gasteiger partial charge in [0.25, 0.3) is 0 Å². The molecule has 0 spiro atoms. The smallest absolute Gasteiger partial charge is 0.0109 e. The highest BCUT2D eigenvalue weighted by molar-refractivity contribution is 5.91. The van der Waals surface area contributed by atoms with Gasteiger partial charge in [0.2, 0.25) is 0 Å². The van der Waals surface area contributed by atoms with E-state index < -0.39 is 0 Å². The second kappa shape index (κ2) is 21.0. The Hall–Kier alpha value is -5.20. The molecule has 0 radical (unpaired) electrons. The van der Waals surface area contributed by atoms with Crippen LogP contribution in [0.3, 0.4) is 0 Å². The van der Waals surface area contributed by atoms with Gasteiger partial charge in [-0.25, -0.2) is 0 Å². The molecule has 0 N–H and O–H groups in total. The molecular weight excluding hydrogens is 865 g/mol. The minimum absolute atomic E-state index is 0.181. The van der Waals surface area contributed by atoms with Crippen LogP contribution < -0.4 is 0 Å². The molecule has 0 nitrogen and oxygen atoms in total. The molecule has 0 amide bonds. The molecule has 0 saturated heterocycles. The minimum atomic E-state index is 0.181. The summed E-state index contributed by atoms with van der Waals surface area (Å²) in [6.07, 6.45) is 0. The summed E-state index contributed by atoms with van der Waals surface area (Å²) in [5.41, 5.74) is 13.0. The highest BCUT2D eigenvalue weighted by Gasteiger charge is 2.24. The van der Waals surface area contributed by atoms with Crippen LogP contribution in [0.25, 0.3) is 43.1 Å². The van der Waals surface area contributed by atoms with Gasteiger partial charge >= 0.3 is 0 Å². The fourth-order valence-electron chi connectivity index (χ4n) is 9.57. The molecule has 8 rings (SSSR count). The van der Waals surface area contributed by atoms with Crippen LogP contribution in [-0.4, -0.2) is 0 Å². The van der Waals surface area contributed by atoms with Gasteiger partial charge in [-0.1, -0.05) is 312 Å². The van der Waals surface area contributed by atoms with Crippen molar-refractivity contribution in [3.8, 4) is 0 Å². The van der Waals surface area contributed by atoms with Crippen LogP contribution in [0.2, 0.25) is 0 Å². The van der Waals surface area contributed by atoms with E-state index in [1.165, 1.54) is 87.6 Å². The Balaban J connectivity index is 0.000000178. The summed E-state index contributed by atoms with van der Waals surface area (Å²) in [5.74, 6) is 0. The molecule has 8 aromatic carbocycles. The zero-order chi connectivity index (χ0) is 54.2. The molecule has 0 fully saturated rings. The van der Waals surface area contributed by atoms with Crippen LogP contribution in [0.1, 0.15) is 211 Å². The van der Waals surface area contributed by atoms with E-state index in [4.69, 9.17) is 0 Å². The number of benzene rings is 8. The summed E-state index contributed by atoms with van der Waals surface area (Å²) in [4.78, 5) is 0. The van der Waals surface area contributed by atoms with Gasteiger partial charge in [-0.3, -0.25) is 0 Å². The first-order valence-corrected chi connectivity index (χ1v) is 26.9. The third-order valence-corrected chi connectivity index (χ3v) is 14.2. The average molecular weight is 962 g/mol. The lowest BCUT2D eigenvalue weighted by Crippen LogP contribution is -2.17. The Morgan fingerprint density at radius 2 is 0.486 bits per heavy atom. The predicted molar refractivity (Wildman–Crippen MR) is 325 cm³/mol. The Labute approximate surface area is 440 Å². The van der Waals surface area contributed by atoms with E-state index in [0.29, 0.717) is 0 Å². The van der Waals surface area contributed by atoms with Gasteiger partial charge in [-0.2, -0.15) is 0 Å². The van der Waals surface area contributed by atoms with Crippen molar-refractivity contribution in [2.75, 3.05) is 0 Å². The Kier molecular flexibility index (Phi) is 16.8. The van der Waals surface area contributed by atoms with E-state index >= 15 is 0 Å². The number of fused-ring (bicyclic) bond motifs is 4. The van der Waals surface area contributed by atoms with Crippen LogP contribution in [0.5, 0.6) is 0 Å². The summed E-state index contributed by atoms with van der Waals surface area (Å²) in [6, 6.07) is 54.1. The third kappa shape index (κ3) is 14.5. The monoisotopic (exact) mass is 961 g/mol. The number of rotatable bonds is 0. The lowest BCUT2D eigenvalue weighted by atomic mass is 9.77. The van der Waals surface area contributed by atoms with Gasteiger partial charge in [-0.15, -0.1) is 0 Å². The second-order valence-electron chi connectivity index (χ2n) is 29.0. The van der Waals surface area contributed by atoms with E-state index in [2.05, 4.69) is 312 Å². The van der Waals surface area contributed by atoms with Crippen molar-refractivity contribution in [3.63, 3.8) is 0 Å². The molecule has 0 bridgehead atoms. The molecule has 0 unspecified atom stereocenters. The molecule has 0 aliphatic rings. The predicted octanol–water partition coefficient (Wildman–Crippen LogP) is 21.7. The van der Waals surface area contributed by atoms with Gasteiger partial charge in [0.05, 0.1) is 0 Å². The number of hydrogen-bond donors (Lipinski definition) is 0. The Morgan fingerprint density at radius 3 is 0.861 bits per heavy atom. The van der Waals surface area contributed by atoms with Gasteiger partial charge < -0.3 is 0 Å². The maximum atomic E-state index is 2.37. The zero-order valence-electron chi connectivity index (χ0n) is 49.9. The SMILES string of the molecule is CC(C)(C)c1ccc2c(C(C)(C)C)cccc2c1.CC(C)(C)c1ccc2ccc(C(C)(C)C)cc2c1.CC(C)(C)c1ccc2cccc(C(C)(C)C)c2c1.CC(C)(C)c1cccc2cccc(C(C)(C)C)c12. The first-order chi connectivity index (χ1) is 32.8. The molecular formula is C72H96. The molecule has 0 aliphatic carbocycles. The topological polar surface area (TPSA) is 0 Å². The minimum Gasteiger partial charge on any atom is -0.0613 e. The largest absolute Gasteiger partial charge is 0.0613 e. The van der Waals surface area contributed by atoms with Crippen molar-refractivity contribution in [1.29, 1.82) is 0 Å². The van der Waals surface area contributed by atoms with Crippen molar-refractivity contribution in [1.82, 2.24) is 0 Å². The van der Waals surface area contributed by atoms with Gasteiger partial charge in [0.1, 0.15) is 0 Å². The van der Waals surface area contributed by atoms with E-state index in [1.54, 1.807) is 0 Å². The number of hydrogen-bond acceptors (Lipinski definition) is 0. The normalized spacial score (nSPS) is 13.0. The lowest BCUT2D eigenvalue weighted by Gasteiger charge is -2.27. The van der Waals surface area contributed by atoms with Crippen molar-refractivity contribution in [3.05, 3.63) is 190 Å². The highest BCUT2D eigenvalue weighted by atomic mass is 14.3. The first kappa shape index (κ1) is 57.7. The molecule has 384 valence electrons. The van der Waals surface area contributed by atoms with Gasteiger partial charge in [0.15, 0.2) is 0 Å². The van der Waals surface area contributed by atoms with Crippen molar-refractivity contribution >= 4 is 43.1 Å². The summed E-state index contributed by atoms with van der Waals surface area (Å²) in [6.45, 7) is 54.6. The quantitative estimate of drug-likeness (QED) is 0.142. The average Bonchev–Trinajstić information content (AvgIpc) is 3.25. The van der Waals surface area contributed by atoms with E-state index in [1.807, 2.05) is 0 Å². The van der Waals surface area contributed by atoms with Gasteiger partial charge in [-0.05, 0) is 131 Å². The zero-order valence-corrected chi connectivity index (χ0v) is 49.9. The maximum Gasteiger partial charge on any atom is -0.0109 e. The Bertz CT molecular complexity index is 2970. The molecule has 0 saturated carbocycles. The van der Waals surface area contributed by atoms with Crippen LogP contribution in [0.4, 0.5) is 0 Å². The van der Waals surface area contributed by atoms with Crippen LogP contribution >= 0.6 is 0 Å². The van der Waals surface area contributed by atoms with E-state index in [0.717, 1.165) is 0 Å². The summed E-state index contributed by atoms with van der Waals surface area (Å²) < 4.78 is 0. The van der Waals surface area contributed by atoms with Crippen LogP contribution in [0.15, 0.2) is 146 Å². The van der Waals surface area contributed by atoms with Crippen molar-refractivity contribution in [2.45, 2.75) is 209 Å². The van der Waals surface area contributed by atoms with Gasteiger partial charge in [0, 0.05) is 0 Å². The summed E-state index contributed by atoms with van der Waals surface area (Å²) in [5, 5.41) is 11.0.